The van der Waals surface area contributed by atoms with Crippen molar-refractivity contribution in [2.24, 2.45) is 5.92 Å². The minimum atomic E-state index is -4.80. The van der Waals surface area contributed by atoms with Gasteiger partial charge in [0.15, 0.2) is 12.7 Å². The van der Waals surface area contributed by atoms with Crippen LogP contribution >= 0.6 is 11.6 Å². The SMILES string of the molecule is CN(C)C(=O)COC(=O)CC1CCN(C2CCN(C(=O)[C@@H](Cc3cc(Cl)c(N)c(C(F)(F)F)c3)OC(=O)N3CCC(N4CCc5ccccc5NC4=O)CC3)CC2)CC1. The number of esters is 1. The minimum absolute atomic E-state index is 0.0421. The minimum Gasteiger partial charge on any atom is -0.456 e. The van der Waals surface area contributed by atoms with Gasteiger partial charge < -0.3 is 45.0 Å². The predicted molar refractivity (Wildman–Crippen MR) is 213 cm³/mol. The molecular weight excluding hydrogens is 795 g/mol. The van der Waals surface area contributed by atoms with Crippen molar-refractivity contribution < 1.29 is 46.6 Å². The number of nitrogen functional groups attached to an aromatic ring is 1. The molecule has 0 aromatic heterocycles. The van der Waals surface area contributed by atoms with E-state index in [0.717, 1.165) is 43.2 Å². The topological polar surface area (TPSA) is 158 Å². The first kappa shape index (κ1) is 43.8. The van der Waals surface area contributed by atoms with Gasteiger partial charge in [0, 0.05) is 77.4 Å². The van der Waals surface area contributed by atoms with Gasteiger partial charge in [-0.25, -0.2) is 9.59 Å². The summed E-state index contributed by atoms with van der Waals surface area (Å²) in [6.45, 7) is 2.99. The van der Waals surface area contributed by atoms with Crippen molar-refractivity contribution in [3.05, 3.63) is 58.1 Å². The maximum atomic E-state index is 14.2. The zero-order valence-electron chi connectivity index (χ0n) is 33.5. The molecule has 18 heteroatoms. The number of nitrogens with two attached hydrogens (primary N) is 1. The molecule has 59 heavy (non-hydrogen) atoms. The van der Waals surface area contributed by atoms with Gasteiger partial charge in [-0.15, -0.1) is 0 Å². The van der Waals surface area contributed by atoms with E-state index in [-0.39, 0.29) is 73.1 Å². The zero-order valence-corrected chi connectivity index (χ0v) is 34.2. The van der Waals surface area contributed by atoms with Crippen molar-refractivity contribution in [2.45, 2.75) is 82.2 Å². The molecule has 3 fully saturated rings. The molecule has 14 nitrogen and oxygen atoms in total. The fourth-order valence-corrected chi connectivity index (χ4v) is 8.70. The summed E-state index contributed by atoms with van der Waals surface area (Å²) in [7, 11) is 3.19. The molecule has 0 spiro atoms. The summed E-state index contributed by atoms with van der Waals surface area (Å²) in [5.74, 6) is -1.05. The predicted octanol–water partition coefficient (Wildman–Crippen LogP) is 5.27. The second kappa shape index (κ2) is 19.1. The number of nitrogens with zero attached hydrogens (tertiary/aromatic N) is 5. The number of nitrogens with one attached hydrogen (secondary N) is 1. The smallest absolute Gasteiger partial charge is 0.418 e. The van der Waals surface area contributed by atoms with Crippen molar-refractivity contribution in [3.63, 3.8) is 0 Å². The molecule has 0 saturated carbocycles. The maximum Gasteiger partial charge on any atom is 0.418 e. The first-order valence-corrected chi connectivity index (χ1v) is 20.6. The molecular formula is C41H53ClF3N7O7. The van der Waals surface area contributed by atoms with E-state index in [2.05, 4.69) is 10.2 Å². The van der Waals surface area contributed by atoms with Gasteiger partial charge >= 0.3 is 24.3 Å². The number of anilines is 2. The Morgan fingerprint density at radius 1 is 0.915 bits per heavy atom. The fourth-order valence-electron chi connectivity index (χ4n) is 8.46. The number of hydrogen-bond acceptors (Lipinski definition) is 9. The highest BCUT2D eigenvalue weighted by atomic mass is 35.5. The van der Waals surface area contributed by atoms with Crippen LogP contribution in [0, 0.1) is 5.92 Å². The molecule has 4 aliphatic heterocycles. The number of likely N-dealkylation sites (tertiary alicyclic amines) is 3. The molecule has 2 aromatic carbocycles. The molecule has 0 aliphatic carbocycles. The summed E-state index contributed by atoms with van der Waals surface area (Å²) in [6, 6.07) is 9.58. The lowest BCUT2D eigenvalue weighted by Gasteiger charge is -2.42. The number of benzene rings is 2. The van der Waals surface area contributed by atoms with Crippen LogP contribution in [0.4, 0.5) is 34.1 Å². The zero-order chi connectivity index (χ0) is 42.4. The highest BCUT2D eigenvalue weighted by Crippen LogP contribution is 2.38. The van der Waals surface area contributed by atoms with E-state index in [9.17, 15) is 37.1 Å². The van der Waals surface area contributed by atoms with E-state index in [1.807, 2.05) is 24.3 Å². The van der Waals surface area contributed by atoms with Crippen molar-refractivity contribution in [2.75, 3.05) is 77.6 Å². The molecule has 1 atom stereocenters. The molecule has 0 radical (unpaired) electrons. The Kier molecular flexibility index (Phi) is 14.2. The van der Waals surface area contributed by atoms with Gasteiger partial charge in [0.05, 0.1) is 16.3 Å². The number of amides is 5. The molecule has 2 aromatic rings. The quantitative estimate of drug-likeness (QED) is 0.240. The second-order valence-electron chi connectivity index (χ2n) is 16.1. The highest BCUT2D eigenvalue weighted by molar-refractivity contribution is 6.33. The number of ether oxygens (including phenoxy) is 2. The van der Waals surface area contributed by atoms with E-state index in [4.69, 9.17) is 26.8 Å². The van der Waals surface area contributed by atoms with Crippen LogP contribution in [0.5, 0.6) is 0 Å². The van der Waals surface area contributed by atoms with E-state index in [0.29, 0.717) is 51.7 Å². The van der Waals surface area contributed by atoms with Crippen molar-refractivity contribution in [1.82, 2.24) is 24.5 Å². The number of likely N-dealkylation sites (N-methyl/N-ethyl adjacent to an activating group) is 1. The Hall–Kier alpha value is -4.77. The number of hydrogen-bond donors (Lipinski definition) is 2. The number of urea groups is 1. The molecule has 5 amide bonds. The van der Waals surface area contributed by atoms with Gasteiger partial charge in [0.1, 0.15) is 0 Å². The molecule has 6 rings (SSSR count). The molecule has 4 heterocycles. The first-order chi connectivity index (χ1) is 28.1. The van der Waals surface area contributed by atoms with Crippen molar-refractivity contribution in [1.29, 1.82) is 0 Å². The number of rotatable bonds is 10. The Morgan fingerprint density at radius 2 is 1.56 bits per heavy atom. The number of fused-ring (bicyclic) bond motifs is 1. The van der Waals surface area contributed by atoms with Crippen molar-refractivity contribution >= 4 is 52.9 Å². The number of carbonyl (C=O) groups excluding carboxylic acids is 5. The fraction of sp³-hybridized carbons (Fsp3) is 0.585. The number of carbonyl (C=O) groups is 5. The molecule has 322 valence electrons. The summed E-state index contributed by atoms with van der Waals surface area (Å²) in [5.41, 5.74) is 5.77. The Bertz CT molecular complexity index is 1860. The first-order valence-electron chi connectivity index (χ1n) is 20.2. The van der Waals surface area contributed by atoms with Crippen molar-refractivity contribution in [3.8, 4) is 0 Å². The summed E-state index contributed by atoms with van der Waals surface area (Å²) in [6.07, 6.45) is -2.62. The Labute approximate surface area is 347 Å². The summed E-state index contributed by atoms with van der Waals surface area (Å²) in [4.78, 5) is 73.6. The van der Waals surface area contributed by atoms with Gasteiger partial charge in [-0.05, 0) is 93.3 Å². The lowest BCUT2D eigenvalue weighted by Crippen LogP contribution is -2.53. The van der Waals surface area contributed by atoms with Crippen LogP contribution in [-0.4, -0.2) is 139 Å². The van der Waals surface area contributed by atoms with Crippen LogP contribution in [0.15, 0.2) is 36.4 Å². The van der Waals surface area contributed by atoms with E-state index >= 15 is 0 Å². The van der Waals surface area contributed by atoms with E-state index in [1.54, 1.807) is 23.9 Å². The number of para-hydroxylation sites is 1. The van der Waals surface area contributed by atoms with Crippen LogP contribution in [0.25, 0.3) is 0 Å². The van der Waals surface area contributed by atoms with Gasteiger partial charge in [-0.1, -0.05) is 29.8 Å². The summed E-state index contributed by atoms with van der Waals surface area (Å²) < 4.78 is 52.7. The third-order valence-electron chi connectivity index (χ3n) is 12.0. The molecule has 3 saturated heterocycles. The summed E-state index contributed by atoms with van der Waals surface area (Å²) >= 11 is 6.14. The molecule has 3 N–H and O–H groups in total. The highest BCUT2D eigenvalue weighted by Gasteiger charge is 2.39. The molecule has 4 aliphatic rings. The maximum absolute atomic E-state index is 14.2. The van der Waals surface area contributed by atoms with Gasteiger partial charge in [0.25, 0.3) is 11.8 Å². The van der Waals surface area contributed by atoms with Gasteiger partial charge in [-0.3, -0.25) is 14.4 Å². The third-order valence-corrected chi connectivity index (χ3v) is 12.3. The Morgan fingerprint density at radius 3 is 2.22 bits per heavy atom. The lowest BCUT2D eigenvalue weighted by molar-refractivity contribution is -0.152. The largest absolute Gasteiger partial charge is 0.456 e. The number of piperidine rings is 3. The number of alkyl halides is 3. The number of halogens is 4. The Balaban J connectivity index is 1.05. The van der Waals surface area contributed by atoms with Crippen LogP contribution in [0.1, 0.15) is 61.6 Å². The van der Waals surface area contributed by atoms with Gasteiger partial charge in [0.2, 0.25) is 0 Å². The van der Waals surface area contributed by atoms with Gasteiger partial charge in [-0.2, -0.15) is 13.2 Å². The lowest BCUT2D eigenvalue weighted by atomic mass is 9.91. The average molecular weight is 848 g/mol. The second-order valence-corrected chi connectivity index (χ2v) is 16.5. The monoisotopic (exact) mass is 847 g/mol. The standard InChI is InChI=1S/C41H53ClF3N7O7/c1-48(2)35(53)25-58-36(54)24-26-7-14-49(15-8-26)29-10-16-50(17-11-29)38(55)34(23-27-21-31(41(43,44)45)37(46)32(42)22-27)59-40(57)51-18-12-30(13-19-51)52-20-9-28-5-3-4-6-33(28)47-39(52)56/h3-6,21-22,26,29-30,34H,7-20,23-25,46H2,1-2H3,(H,47,56)/t34-/m1/s1. The van der Waals surface area contributed by atoms with Crippen LogP contribution in [0.3, 0.4) is 0 Å². The summed E-state index contributed by atoms with van der Waals surface area (Å²) in [5, 5.41) is 2.66. The molecule has 0 bridgehead atoms. The normalized spacial score (nSPS) is 19.4. The van der Waals surface area contributed by atoms with Crippen LogP contribution in [-0.2, 0) is 42.9 Å². The molecule has 0 unspecified atom stereocenters. The van der Waals surface area contributed by atoms with E-state index < -0.39 is 41.5 Å². The van der Waals surface area contributed by atoms with Crippen LogP contribution in [0.2, 0.25) is 5.02 Å². The van der Waals surface area contributed by atoms with E-state index in [1.165, 1.54) is 15.9 Å². The average Bonchev–Trinajstić information content (AvgIpc) is 3.38. The third kappa shape index (κ3) is 11.1. The van der Waals surface area contributed by atoms with Crippen LogP contribution < -0.4 is 11.1 Å².